The van der Waals surface area contributed by atoms with Crippen LogP contribution in [0.1, 0.15) is 15.2 Å². The average Bonchev–Trinajstić information content (AvgIpc) is 3.01. The molecule has 0 saturated carbocycles. The molecule has 5 nitrogen and oxygen atoms in total. The summed E-state index contributed by atoms with van der Waals surface area (Å²) in [4.78, 5) is 12.8. The number of carbonyl (C=O) groups is 1. The first-order valence-corrected chi connectivity index (χ1v) is 7.47. The number of nitrogens with two attached hydrogens (primary N) is 1. The highest BCUT2D eigenvalue weighted by Crippen LogP contribution is 2.35. The predicted octanol–water partition coefficient (Wildman–Crippen LogP) is 2.80. The van der Waals surface area contributed by atoms with Crippen LogP contribution in [0.25, 0.3) is 10.1 Å². The van der Waals surface area contributed by atoms with Gasteiger partial charge in [0.15, 0.2) is 0 Å². The summed E-state index contributed by atoms with van der Waals surface area (Å²) < 4.78 is 2.64. The zero-order valence-corrected chi connectivity index (χ0v) is 12.8. The largest absolute Gasteiger partial charge is 0.397 e. The molecule has 2 aromatic heterocycles. The molecular formula is C14H13ClN4OS. The van der Waals surface area contributed by atoms with Gasteiger partial charge in [0, 0.05) is 40.5 Å². The summed E-state index contributed by atoms with van der Waals surface area (Å²) in [6.07, 6.45) is 3.57. The molecule has 21 heavy (non-hydrogen) atoms. The van der Waals surface area contributed by atoms with Crippen molar-refractivity contribution in [2.24, 2.45) is 7.05 Å². The number of hydrogen-bond acceptors (Lipinski definition) is 4. The molecule has 3 N–H and O–H groups in total. The molecule has 0 radical (unpaired) electrons. The van der Waals surface area contributed by atoms with E-state index in [-0.39, 0.29) is 5.91 Å². The Morgan fingerprint density at radius 1 is 1.52 bits per heavy atom. The number of hydrogen-bond donors (Lipinski definition) is 2. The van der Waals surface area contributed by atoms with Crippen molar-refractivity contribution in [3.05, 3.63) is 46.1 Å². The molecule has 0 bridgehead atoms. The number of benzene rings is 1. The highest BCUT2D eigenvalue weighted by Gasteiger charge is 2.16. The summed E-state index contributed by atoms with van der Waals surface area (Å²) >= 11 is 7.33. The van der Waals surface area contributed by atoms with E-state index in [1.807, 2.05) is 19.3 Å². The van der Waals surface area contributed by atoms with E-state index in [2.05, 4.69) is 10.4 Å². The van der Waals surface area contributed by atoms with Crippen molar-refractivity contribution in [3.8, 4) is 0 Å². The van der Waals surface area contributed by atoms with Crippen LogP contribution >= 0.6 is 22.9 Å². The lowest BCUT2D eigenvalue weighted by molar-refractivity contribution is 0.0956. The highest BCUT2D eigenvalue weighted by atomic mass is 35.5. The Bertz CT molecular complexity index is 824. The van der Waals surface area contributed by atoms with Crippen LogP contribution < -0.4 is 11.1 Å². The SMILES string of the molecule is Cn1cc(CNC(=O)c2sc3ccc(Cl)cc3c2N)cn1. The van der Waals surface area contributed by atoms with E-state index < -0.39 is 0 Å². The Balaban J connectivity index is 1.82. The minimum atomic E-state index is -0.186. The third kappa shape index (κ3) is 2.72. The number of carbonyl (C=O) groups excluding carboxylic acids is 1. The molecule has 108 valence electrons. The fraction of sp³-hybridized carbons (Fsp3) is 0.143. The molecule has 1 aromatic carbocycles. The first-order chi connectivity index (χ1) is 10.0. The highest BCUT2D eigenvalue weighted by molar-refractivity contribution is 7.21. The third-order valence-corrected chi connectivity index (χ3v) is 4.53. The number of halogens is 1. The van der Waals surface area contributed by atoms with Crippen LogP contribution in [0, 0.1) is 0 Å². The van der Waals surface area contributed by atoms with E-state index in [1.165, 1.54) is 11.3 Å². The molecular weight excluding hydrogens is 308 g/mol. The Morgan fingerprint density at radius 2 is 2.33 bits per heavy atom. The lowest BCUT2D eigenvalue weighted by atomic mass is 10.2. The van der Waals surface area contributed by atoms with Gasteiger partial charge in [-0.2, -0.15) is 5.10 Å². The van der Waals surface area contributed by atoms with Gasteiger partial charge in [-0.3, -0.25) is 9.48 Å². The molecule has 1 amide bonds. The van der Waals surface area contributed by atoms with Crippen molar-refractivity contribution in [3.63, 3.8) is 0 Å². The second-order valence-corrected chi connectivity index (χ2v) is 6.18. The molecule has 0 aliphatic rings. The first kappa shape index (κ1) is 13.9. The number of nitrogen functional groups attached to an aromatic ring is 1. The topological polar surface area (TPSA) is 72.9 Å². The number of amides is 1. The van der Waals surface area contributed by atoms with Crippen molar-refractivity contribution >= 4 is 44.6 Å². The van der Waals surface area contributed by atoms with Crippen molar-refractivity contribution < 1.29 is 4.79 Å². The maximum Gasteiger partial charge on any atom is 0.263 e. The molecule has 0 aliphatic carbocycles. The molecule has 0 spiro atoms. The van der Waals surface area contributed by atoms with E-state index >= 15 is 0 Å². The minimum Gasteiger partial charge on any atom is -0.397 e. The summed E-state index contributed by atoms with van der Waals surface area (Å²) in [5.41, 5.74) is 7.47. The fourth-order valence-electron chi connectivity index (χ4n) is 2.08. The number of nitrogens with zero attached hydrogens (tertiary/aromatic N) is 2. The van der Waals surface area contributed by atoms with Gasteiger partial charge in [-0.25, -0.2) is 0 Å². The first-order valence-electron chi connectivity index (χ1n) is 6.28. The maximum atomic E-state index is 12.3. The van der Waals surface area contributed by atoms with Gasteiger partial charge in [0.2, 0.25) is 0 Å². The standard InChI is InChI=1S/C14H13ClN4OS/c1-19-7-8(6-18-19)5-17-14(20)13-12(16)10-4-9(15)2-3-11(10)21-13/h2-4,6-7H,5,16H2,1H3,(H,17,20). The molecule has 3 rings (SSSR count). The van der Waals surface area contributed by atoms with Crippen LogP contribution in [0.15, 0.2) is 30.6 Å². The normalized spacial score (nSPS) is 11.0. The van der Waals surface area contributed by atoms with Gasteiger partial charge < -0.3 is 11.1 Å². The number of fused-ring (bicyclic) bond motifs is 1. The van der Waals surface area contributed by atoms with Gasteiger partial charge in [-0.05, 0) is 18.2 Å². The van der Waals surface area contributed by atoms with Crippen molar-refractivity contribution in [2.75, 3.05) is 5.73 Å². The Labute approximate surface area is 130 Å². The average molecular weight is 321 g/mol. The van der Waals surface area contributed by atoms with E-state index in [0.717, 1.165) is 15.6 Å². The number of thiophene rings is 1. The van der Waals surface area contributed by atoms with Crippen LogP contribution in [-0.4, -0.2) is 15.7 Å². The number of nitrogens with one attached hydrogen (secondary N) is 1. The zero-order chi connectivity index (χ0) is 15.0. The summed E-state index contributed by atoms with van der Waals surface area (Å²) in [5.74, 6) is -0.186. The Morgan fingerprint density at radius 3 is 3.05 bits per heavy atom. The second-order valence-electron chi connectivity index (χ2n) is 4.69. The molecule has 0 aliphatic heterocycles. The van der Waals surface area contributed by atoms with Crippen molar-refractivity contribution in [2.45, 2.75) is 6.54 Å². The van der Waals surface area contributed by atoms with E-state index in [9.17, 15) is 4.79 Å². The third-order valence-electron chi connectivity index (χ3n) is 3.11. The van der Waals surface area contributed by atoms with E-state index in [1.54, 1.807) is 23.0 Å². The van der Waals surface area contributed by atoms with Crippen LogP contribution in [0.2, 0.25) is 5.02 Å². The van der Waals surface area contributed by atoms with Gasteiger partial charge >= 0.3 is 0 Å². The van der Waals surface area contributed by atoms with Gasteiger partial charge in [0.05, 0.1) is 11.9 Å². The molecule has 2 heterocycles. The fourth-order valence-corrected chi connectivity index (χ4v) is 3.28. The Kier molecular flexibility index (Phi) is 3.57. The smallest absolute Gasteiger partial charge is 0.263 e. The summed E-state index contributed by atoms with van der Waals surface area (Å²) in [5, 5.41) is 8.33. The van der Waals surface area contributed by atoms with Crippen molar-refractivity contribution in [1.29, 1.82) is 0 Å². The zero-order valence-electron chi connectivity index (χ0n) is 11.3. The number of rotatable bonds is 3. The summed E-state index contributed by atoms with van der Waals surface area (Å²) in [6, 6.07) is 5.44. The minimum absolute atomic E-state index is 0.186. The molecule has 0 atom stereocenters. The lowest BCUT2D eigenvalue weighted by Crippen LogP contribution is -2.22. The number of anilines is 1. The summed E-state index contributed by atoms with van der Waals surface area (Å²) in [7, 11) is 1.83. The van der Waals surface area contributed by atoms with Gasteiger partial charge in [-0.1, -0.05) is 11.6 Å². The van der Waals surface area contributed by atoms with Crippen LogP contribution in [-0.2, 0) is 13.6 Å². The van der Waals surface area contributed by atoms with E-state index in [4.69, 9.17) is 17.3 Å². The second kappa shape index (κ2) is 5.38. The van der Waals surface area contributed by atoms with Crippen molar-refractivity contribution in [1.82, 2.24) is 15.1 Å². The Hall–Kier alpha value is -2.05. The quantitative estimate of drug-likeness (QED) is 0.779. The monoisotopic (exact) mass is 320 g/mol. The number of aromatic nitrogens is 2. The molecule has 0 fully saturated rings. The number of aryl methyl sites for hydroxylation is 1. The van der Waals surface area contributed by atoms with Crippen LogP contribution in [0.4, 0.5) is 5.69 Å². The summed E-state index contributed by atoms with van der Waals surface area (Å²) in [6.45, 7) is 0.418. The maximum absolute atomic E-state index is 12.3. The molecule has 3 aromatic rings. The van der Waals surface area contributed by atoms with Crippen LogP contribution in [0.5, 0.6) is 0 Å². The van der Waals surface area contributed by atoms with Gasteiger partial charge in [0.25, 0.3) is 5.91 Å². The van der Waals surface area contributed by atoms with E-state index in [0.29, 0.717) is 22.1 Å². The molecule has 0 saturated heterocycles. The van der Waals surface area contributed by atoms with Crippen LogP contribution in [0.3, 0.4) is 0 Å². The lowest BCUT2D eigenvalue weighted by Gasteiger charge is -2.02. The molecule has 7 heteroatoms. The van der Waals surface area contributed by atoms with Gasteiger partial charge in [-0.15, -0.1) is 11.3 Å². The predicted molar refractivity (Wildman–Crippen MR) is 85.6 cm³/mol. The molecule has 0 unspecified atom stereocenters. The van der Waals surface area contributed by atoms with Gasteiger partial charge in [0.1, 0.15) is 4.88 Å².